The van der Waals surface area contributed by atoms with Gasteiger partial charge in [0.2, 0.25) is 5.91 Å². The van der Waals surface area contributed by atoms with Crippen molar-refractivity contribution in [2.24, 2.45) is 5.73 Å². The summed E-state index contributed by atoms with van der Waals surface area (Å²) in [5, 5.41) is 3.42. The lowest BCUT2D eigenvalue weighted by Gasteiger charge is -2.13. The number of carbonyl (C=O) groups excluding carboxylic acids is 1. The summed E-state index contributed by atoms with van der Waals surface area (Å²) >= 11 is 1.46. The number of amides is 1. The van der Waals surface area contributed by atoms with Crippen LogP contribution in [0.25, 0.3) is 0 Å². The molecule has 0 aliphatic rings. The van der Waals surface area contributed by atoms with Crippen LogP contribution in [0.15, 0.2) is 36.5 Å². The second kappa shape index (κ2) is 5.75. The normalized spacial score (nSPS) is 12.1. The lowest BCUT2D eigenvalue weighted by atomic mass is 9.99. The maximum Gasteiger partial charge on any atom is 0.234 e. The van der Waals surface area contributed by atoms with E-state index < -0.39 is 0 Å². The van der Waals surface area contributed by atoms with E-state index in [-0.39, 0.29) is 18.4 Å². The minimum Gasteiger partial charge on any atom is -0.329 e. The Morgan fingerprint density at radius 2 is 2.17 bits per heavy atom. The number of hydrogen-bond acceptors (Lipinski definition) is 4. The number of hydrogen-bond donors (Lipinski definition) is 2. The molecule has 1 amide bonds. The molecule has 4 nitrogen and oxygen atoms in total. The van der Waals surface area contributed by atoms with E-state index in [1.165, 1.54) is 11.3 Å². The fourth-order valence-corrected chi connectivity index (χ4v) is 2.35. The molecule has 0 spiro atoms. The van der Waals surface area contributed by atoms with Crippen LogP contribution in [0, 0.1) is 6.92 Å². The molecule has 2 rings (SSSR count). The number of aryl methyl sites for hydroxylation is 1. The third kappa shape index (κ3) is 2.94. The summed E-state index contributed by atoms with van der Waals surface area (Å²) in [7, 11) is 0. The highest BCUT2D eigenvalue weighted by atomic mass is 32.1. The molecule has 1 aromatic carbocycles. The zero-order chi connectivity index (χ0) is 13.0. The fourth-order valence-electron chi connectivity index (χ4n) is 1.68. The first-order valence-electron chi connectivity index (χ1n) is 5.69. The van der Waals surface area contributed by atoms with E-state index in [2.05, 4.69) is 10.3 Å². The third-order valence-electron chi connectivity index (χ3n) is 2.61. The van der Waals surface area contributed by atoms with Crippen molar-refractivity contribution >= 4 is 22.4 Å². The zero-order valence-corrected chi connectivity index (χ0v) is 10.9. The maximum atomic E-state index is 12.1. The molecule has 0 saturated heterocycles. The third-order valence-corrected chi connectivity index (χ3v) is 3.43. The molecule has 18 heavy (non-hydrogen) atoms. The Balaban J connectivity index is 2.11. The van der Waals surface area contributed by atoms with E-state index in [0.29, 0.717) is 5.13 Å². The van der Waals surface area contributed by atoms with Gasteiger partial charge in [0.05, 0.1) is 5.92 Å². The van der Waals surface area contributed by atoms with Gasteiger partial charge < -0.3 is 11.1 Å². The number of thiazole rings is 1. The molecule has 0 aliphatic heterocycles. The van der Waals surface area contributed by atoms with Gasteiger partial charge in [0, 0.05) is 17.6 Å². The Labute approximate surface area is 110 Å². The molecule has 94 valence electrons. The Bertz CT molecular complexity index is 524. The Hall–Kier alpha value is -1.72. The first-order chi connectivity index (χ1) is 8.70. The SMILES string of the molecule is Cc1cnc(NC(=O)C(CN)c2ccccc2)s1. The van der Waals surface area contributed by atoms with Crippen LogP contribution >= 0.6 is 11.3 Å². The minimum absolute atomic E-state index is 0.113. The smallest absolute Gasteiger partial charge is 0.234 e. The van der Waals surface area contributed by atoms with Gasteiger partial charge in [0.15, 0.2) is 5.13 Å². The standard InChI is InChI=1S/C13H15N3OS/c1-9-8-15-13(18-9)16-12(17)11(7-14)10-5-3-2-4-6-10/h2-6,8,11H,7,14H2,1H3,(H,15,16,17). The largest absolute Gasteiger partial charge is 0.329 e. The van der Waals surface area contributed by atoms with Gasteiger partial charge >= 0.3 is 0 Å². The van der Waals surface area contributed by atoms with Gasteiger partial charge in [0.1, 0.15) is 0 Å². The van der Waals surface area contributed by atoms with Crippen LogP contribution in [0.2, 0.25) is 0 Å². The number of anilines is 1. The van der Waals surface area contributed by atoms with Gasteiger partial charge in [-0.1, -0.05) is 30.3 Å². The summed E-state index contributed by atoms with van der Waals surface area (Å²) in [5.41, 5.74) is 6.61. The van der Waals surface area contributed by atoms with Crippen LogP contribution in [-0.2, 0) is 4.79 Å². The molecular formula is C13H15N3OS. The van der Waals surface area contributed by atoms with E-state index in [1.807, 2.05) is 37.3 Å². The Morgan fingerprint density at radius 1 is 1.44 bits per heavy atom. The van der Waals surface area contributed by atoms with Gasteiger partial charge in [-0.25, -0.2) is 4.98 Å². The van der Waals surface area contributed by atoms with Crippen LogP contribution < -0.4 is 11.1 Å². The molecule has 0 radical (unpaired) electrons. The van der Waals surface area contributed by atoms with Crippen molar-refractivity contribution in [3.8, 4) is 0 Å². The molecule has 2 aromatic rings. The van der Waals surface area contributed by atoms with Gasteiger partial charge in [-0.15, -0.1) is 11.3 Å². The van der Waals surface area contributed by atoms with Crippen molar-refractivity contribution in [1.29, 1.82) is 0 Å². The van der Waals surface area contributed by atoms with Gasteiger partial charge in [0.25, 0.3) is 0 Å². The van der Waals surface area contributed by atoms with Crippen LogP contribution in [0.4, 0.5) is 5.13 Å². The monoisotopic (exact) mass is 261 g/mol. The van der Waals surface area contributed by atoms with E-state index in [0.717, 1.165) is 10.4 Å². The van der Waals surface area contributed by atoms with Crippen molar-refractivity contribution in [1.82, 2.24) is 4.98 Å². The second-order valence-corrected chi connectivity index (χ2v) is 5.20. The van der Waals surface area contributed by atoms with Crippen LogP contribution in [0.3, 0.4) is 0 Å². The topological polar surface area (TPSA) is 68.0 Å². The second-order valence-electron chi connectivity index (χ2n) is 3.96. The average Bonchev–Trinajstić information content (AvgIpc) is 2.77. The van der Waals surface area contributed by atoms with Crippen molar-refractivity contribution < 1.29 is 4.79 Å². The highest BCUT2D eigenvalue weighted by molar-refractivity contribution is 7.15. The van der Waals surface area contributed by atoms with E-state index in [4.69, 9.17) is 5.73 Å². The molecule has 3 N–H and O–H groups in total. The summed E-state index contributed by atoms with van der Waals surface area (Å²) in [6, 6.07) is 9.53. The molecule has 1 aromatic heterocycles. The van der Waals surface area contributed by atoms with Crippen LogP contribution in [0.1, 0.15) is 16.4 Å². The fraction of sp³-hybridized carbons (Fsp3) is 0.231. The Morgan fingerprint density at radius 3 is 2.72 bits per heavy atom. The van der Waals surface area contributed by atoms with Crippen molar-refractivity contribution in [2.45, 2.75) is 12.8 Å². The first-order valence-corrected chi connectivity index (χ1v) is 6.50. The van der Waals surface area contributed by atoms with Gasteiger partial charge in [-0.3, -0.25) is 4.79 Å². The Kier molecular flexibility index (Phi) is 4.07. The summed E-state index contributed by atoms with van der Waals surface area (Å²) in [4.78, 5) is 17.3. The average molecular weight is 261 g/mol. The van der Waals surface area contributed by atoms with Crippen molar-refractivity contribution in [2.75, 3.05) is 11.9 Å². The zero-order valence-electron chi connectivity index (χ0n) is 10.1. The highest BCUT2D eigenvalue weighted by Crippen LogP contribution is 2.20. The summed E-state index contributed by atoms with van der Waals surface area (Å²) in [5.74, 6) is -0.451. The van der Waals surface area contributed by atoms with E-state index >= 15 is 0 Å². The lowest BCUT2D eigenvalue weighted by molar-refractivity contribution is -0.117. The summed E-state index contributed by atoms with van der Waals surface area (Å²) in [6.07, 6.45) is 1.74. The summed E-state index contributed by atoms with van der Waals surface area (Å²) < 4.78 is 0. The molecular weight excluding hydrogens is 246 g/mol. The molecule has 1 atom stereocenters. The van der Waals surface area contributed by atoms with Crippen LogP contribution in [0.5, 0.6) is 0 Å². The number of rotatable bonds is 4. The minimum atomic E-state index is -0.338. The molecule has 1 heterocycles. The molecule has 0 bridgehead atoms. The number of carbonyl (C=O) groups is 1. The van der Waals surface area contributed by atoms with E-state index in [1.54, 1.807) is 6.20 Å². The quantitative estimate of drug-likeness (QED) is 0.886. The summed E-state index contributed by atoms with van der Waals surface area (Å²) in [6.45, 7) is 2.23. The molecule has 5 heteroatoms. The van der Waals surface area contributed by atoms with Crippen LogP contribution in [-0.4, -0.2) is 17.4 Å². The maximum absolute atomic E-state index is 12.1. The van der Waals surface area contributed by atoms with E-state index in [9.17, 15) is 4.79 Å². The van der Waals surface area contributed by atoms with Gasteiger partial charge in [-0.05, 0) is 12.5 Å². The number of aromatic nitrogens is 1. The number of nitrogens with one attached hydrogen (secondary N) is 1. The molecule has 1 unspecified atom stereocenters. The highest BCUT2D eigenvalue weighted by Gasteiger charge is 2.19. The molecule has 0 fully saturated rings. The number of nitrogens with two attached hydrogens (primary N) is 1. The van der Waals surface area contributed by atoms with Crippen molar-refractivity contribution in [3.63, 3.8) is 0 Å². The molecule has 0 aliphatic carbocycles. The predicted octanol–water partition coefficient (Wildman–Crippen LogP) is 2.13. The van der Waals surface area contributed by atoms with Gasteiger partial charge in [-0.2, -0.15) is 0 Å². The first kappa shape index (κ1) is 12.7. The predicted molar refractivity (Wildman–Crippen MR) is 73.7 cm³/mol. The lowest BCUT2D eigenvalue weighted by Crippen LogP contribution is -2.27. The number of benzene rings is 1. The molecule has 0 saturated carbocycles. The number of nitrogens with zero attached hydrogens (tertiary/aromatic N) is 1. The van der Waals surface area contributed by atoms with Crippen molar-refractivity contribution in [3.05, 3.63) is 47.0 Å².